The van der Waals surface area contributed by atoms with E-state index in [2.05, 4.69) is 15.5 Å². The van der Waals surface area contributed by atoms with Gasteiger partial charge in [0.25, 0.3) is 11.8 Å². The van der Waals surface area contributed by atoms with Crippen molar-refractivity contribution >= 4 is 17.5 Å². The van der Waals surface area contributed by atoms with Crippen molar-refractivity contribution in [3.8, 4) is 0 Å². The lowest BCUT2D eigenvalue weighted by molar-refractivity contribution is -0.378. The van der Waals surface area contributed by atoms with E-state index in [0.717, 1.165) is 22.3 Å². The van der Waals surface area contributed by atoms with Crippen molar-refractivity contribution in [3.05, 3.63) is 143 Å². The van der Waals surface area contributed by atoms with Gasteiger partial charge < -0.3 is 24.0 Å². The van der Waals surface area contributed by atoms with E-state index in [9.17, 15) is 0 Å². The van der Waals surface area contributed by atoms with E-state index in [-0.39, 0.29) is 0 Å². The predicted molar refractivity (Wildman–Crippen MR) is 141 cm³/mol. The third-order valence-electron chi connectivity index (χ3n) is 7.47. The molecule has 0 radical (unpaired) electrons. The van der Waals surface area contributed by atoms with Crippen LogP contribution >= 0.6 is 0 Å². The summed E-state index contributed by atoms with van der Waals surface area (Å²) in [5, 5.41) is 13.4. The van der Waals surface area contributed by atoms with Crippen molar-refractivity contribution in [2.45, 2.75) is 17.7 Å². The Morgan fingerprint density at radius 1 is 0.538 bits per heavy atom. The Hall–Kier alpha value is -5.11. The Morgan fingerprint density at radius 3 is 1.79 bits per heavy atom. The number of hydrogen-bond donors (Lipinski definition) is 0. The largest absolute Gasteiger partial charge is 0.422 e. The summed E-state index contributed by atoms with van der Waals surface area (Å²) >= 11 is 0. The summed E-state index contributed by atoms with van der Waals surface area (Å²) in [6.07, 6.45) is -0.541. The van der Waals surface area contributed by atoms with Crippen LogP contribution in [0.3, 0.4) is 0 Å². The first-order valence-electron chi connectivity index (χ1n) is 12.7. The number of ether oxygens (including phenoxy) is 2. The van der Waals surface area contributed by atoms with E-state index < -0.39 is 23.6 Å². The van der Waals surface area contributed by atoms with Crippen LogP contribution in [0.2, 0.25) is 0 Å². The van der Waals surface area contributed by atoms with Gasteiger partial charge in [-0.15, -0.1) is 0 Å². The molecule has 1 aliphatic carbocycles. The van der Waals surface area contributed by atoms with E-state index in [1.54, 1.807) is 0 Å². The minimum absolute atomic E-state index is 0.299. The molecule has 2 spiro atoms. The Morgan fingerprint density at radius 2 is 1.10 bits per heavy atom. The van der Waals surface area contributed by atoms with Crippen molar-refractivity contribution in [2.24, 2.45) is 21.4 Å². The molecule has 8 nitrogen and oxygen atoms in total. The maximum Gasteiger partial charge on any atom is 0.384 e. The zero-order chi connectivity index (χ0) is 25.9. The molecule has 0 fully saturated rings. The molecule has 0 saturated carbocycles. The van der Waals surface area contributed by atoms with Crippen LogP contribution in [0.25, 0.3) is 0 Å². The molecule has 4 unspecified atom stereocenters. The normalized spacial score (nSPS) is 27.6. The number of benzene rings is 4. The number of hydrogen-bond acceptors (Lipinski definition) is 8. The standard InChI is InChI=1S/C31H21N3O5/c1-4-12-20(13-5-1)26-25-27(37-32-26)23-18-10-11-19-24(23)30(35-28(33-38-30)21-14-6-2-7-15-21)31(25)36-29(34-39-31)22-16-8-3-9-17-22/h1-19,25,27H. The molecule has 3 heterocycles. The first-order valence-corrected chi connectivity index (χ1v) is 12.7. The SMILES string of the molecule is c1ccc(C2=NOC3(O2)c2ccccc2C2ON=C(c4ccccc4)C2C32ON=C(c3ccccc3)O2)cc1. The van der Waals surface area contributed by atoms with Gasteiger partial charge in [-0.3, -0.25) is 0 Å². The Labute approximate surface area is 223 Å². The second-order valence-electron chi connectivity index (χ2n) is 9.63. The fourth-order valence-corrected chi connectivity index (χ4v) is 5.71. The van der Waals surface area contributed by atoms with Gasteiger partial charge in [0.15, 0.2) is 6.10 Å². The average molecular weight is 516 g/mol. The van der Waals surface area contributed by atoms with Crippen molar-refractivity contribution in [2.75, 3.05) is 0 Å². The fourth-order valence-electron chi connectivity index (χ4n) is 5.71. The molecule has 8 rings (SSSR count). The molecule has 3 aliphatic heterocycles. The highest BCUT2D eigenvalue weighted by Gasteiger charge is 2.79. The maximum atomic E-state index is 6.76. The summed E-state index contributed by atoms with van der Waals surface area (Å²) in [6, 6.07) is 36.7. The molecule has 4 atom stereocenters. The summed E-state index contributed by atoms with van der Waals surface area (Å²) in [6.45, 7) is 0. The Bertz CT molecular complexity index is 1660. The van der Waals surface area contributed by atoms with Crippen molar-refractivity contribution in [1.82, 2.24) is 0 Å². The Kier molecular flexibility index (Phi) is 4.61. The zero-order valence-electron chi connectivity index (χ0n) is 20.5. The van der Waals surface area contributed by atoms with Crippen LogP contribution in [0, 0.1) is 5.92 Å². The minimum atomic E-state index is -1.66. The topological polar surface area (TPSA) is 83.2 Å². The maximum absolute atomic E-state index is 6.76. The van der Waals surface area contributed by atoms with Gasteiger partial charge in [0.1, 0.15) is 11.6 Å². The summed E-state index contributed by atoms with van der Waals surface area (Å²) in [7, 11) is 0. The Balaban J connectivity index is 1.33. The molecule has 0 saturated heterocycles. The summed E-state index contributed by atoms with van der Waals surface area (Å²) in [5.41, 5.74) is 4.51. The smallest absolute Gasteiger partial charge is 0.384 e. The highest BCUT2D eigenvalue weighted by Crippen LogP contribution is 2.61. The second kappa shape index (κ2) is 8.19. The lowest BCUT2D eigenvalue weighted by atomic mass is 9.70. The zero-order valence-corrected chi connectivity index (χ0v) is 20.5. The summed E-state index contributed by atoms with van der Waals surface area (Å²) in [5.74, 6) is -3.33. The van der Waals surface area contributed by atoms with Crippen LogP contribution in [0.1, 0.15) is 33.9 Å². The van der Waals surface area contributed by atoms with E-state index in [1.165, 1.54) is 0 Å². The van der Waals surface area contributed by atoms with Gasteiger partial charge >= 0.3 is 11.6 Å². The molecule has 4 aliphatic rings. The van der Waals surface area contributed by atoms with E-state index in [0.29, 0.717) is 23.1 Å². The lowest BCUT2D eigenvalue weighted by Crippen LogP contribution is -2.64. The molecule has 8 heteroatoms. The van der Waals surface area contributed by atoms with Crippen LogP contribution in [0.5, 0.6) is 0 Å². The second-order valence-corrected chi connectivity index (χ2v) is 9.63. The van der Waals surface area contributed by atoms with Crippen LogP contribution in [-0.2, 0) is 29.8 Å². The molecular formula is C31H21N3O5. The minimum Gasteiger partial charge on any atom is -0.422 e. The van der Waals surface area contributed by atoms with Gasteiger partial charge in [0, 0.05) is 22.3 Å². The third kappa shape index (κ3) is 3.02. The predicted octanol–water partition coefficient (Wildman–Crippen LogP) is 5.46. The van der Waals surface area contributed by atoms with E-state index in [4.69, 9.17) is 24.0 Å². The van der Waals surface area contributed by atoms with Gasteiger partial charge in [-0.2, -0.15) is 0 Å². The number of nitrogens with zero attached hydrogens (tertiary/aromatic N) is 3. The van der Waals surface area contributed by atoms with Crippen molar-refractivity contribution in [1.29, 1.82) is 0 Å². The first kappa shape index (κ1) is 21.9. The van der Waals surface area contributed by atoms with Gasteiger partial charge in [-0.1, -0.05) is 96.2 Å². The van der Waals surface area contributed by atoms with Crippen LogP contribution in [0.4, 0.5) is 0 Å². The van der Waals surface area contributed by atoms with Crippen LogP contribution in [0.15, 0.2) is 131 Å². The highest BCUT2D eigenvalue weighted by molar-refractivity contribution is 6.05. The number of oxime groups is 3. The third-order valence-corrected chi connectivity index (χ3v) is 7.47. The molecule has 4 aromatic carbocycles. The van der Waals surface area contributed by atoms with Crippen LogP contribution < -0.4 is 0 Å². The molecular weight excluding hydrogens is 494 g/mol. The van der Waals surface area contributed by atoms with Gasteiger partial charge in [0.05, 0.1) is 5.56 Å². The molecule has 39 heavy (non-hydrogen) atoms. The molecule has 4 aromatic rings. The van der Waals surface area contributed by atoms with Crippen molar-refractivity contribution < 1.29 is 24.0 Å². The number of rotatable bonds is 3. The quantitative estimate of drug-likeness (QED) is 0.362. The highest BCUT2D eigenvalue weighted by atomic mass is 16.9. The molecule has 0 N–H and O–H groups in total. The van der Waals surface area contributed by atoms with Gasteiger partial charge in [-0.05, 0) is 34.6 Å². The van der Waals surface area contributed by atoms with Gasteiger partial charge in [0.2, 0.25) is 0 Å². The van der Waals surface area contributed by atoms with Gasteiger partial charge in [-0.25, -0.2) is 0 Å². The van der Waals surface area contributed by atoms with E-state index in [1.807, 2.05) is 115 Å². The molecule has 0 bridgehead atoms. The average Bonchev–Trinajstić information content (AvgIpc) is 3.77. The number of fused-ring (bicyclic) bond motifs is 6. The van der Waals surface area contributed by atoms with Crippen LogP contribution in [-0.4, -0.2) is 23.3 Å². The summed E-state index contributed by atoms with van der Waals surface area (Å²) in [4.78, 5) is 18.8. The summed E-state index contributed by atoms with van der Waals surface area (Å²) < 4.78 is 13.5. The fraction of sp³-hybridized carbons (Fsp3) is 0.129. The molecule has 190 valence electrons. The van der Waals surface area contributed by atoms with Crippen molar-refractivity contribution in [3.63, 3.8) is 0 Å². The molecule has 0 amide bonds. The van der Waals surface area contributed by atoms with E-state index >= 15 is 0 Å². The monoisotopic (exact) mass is 515 g/mol. The lowest BCUT2D eigenvalue weighted by Gasteiger charge is -2.47. The molecule has 0 aromatic heterocycles. The first-order chi connectivity index (χ1) is 19.3.